The van der Waals surface area contributed by atoms with Crippen molar-refractivity contribution < 1.29 is 23.5 Å². The molecule has 34 heavy (non-hydrogen) atoms. The molecule has 2 aromatic carbocycles. The molecule has 2 N–H and O–H groups in total. The maximum atomic E-state index is 13.0. The van der Waals surface area contributed by atoms with Crippen molar-refractivity contribution in [1.82, 2.24) is 5.32 Å². The maximum absolute atomic E-state index is 13.0. The first-order valence-corrected chi connectivity index (χ1v) is 11.6. The molecule has 2 aliphatic carbocycles. The third kappa shape index (κ3) is 4.38. The molecule has 0 saturated heterocycles. The molecule has 0 unspecified atom stereocenters. The summed E-state index contributed by atoms with van der Waals surface area (Å²) in [5.74, 6) is -0.399. The van der Waals surface area contributed by atoms with Crippen LogP contribution in [-0.4, -0.2) is 24.1 Å². The number of carbonyl (C=O) groups is 3. The molecule has 0 aromatic heterocycles. The van der Waals surface area contributed by atoms with Gasteiger partial charge in [-0.3, -0.25) is 14.4 Å². The van der Waals surface area contributed by atoms with Crippen molar-refractivity contribution in [3.63, 3.8) is 0 Å². The average Bonchev–Trinajstić information content (AvgIpc) is 2.84. The van der Waals surface area contributed by atoms with Crippen LogP contribution in [0.5, 0.6) is 5.75 Å². The van der Waals surface area contributed by atoms with Gasteiger partial charge in [-0.05, 0) is 67.6 Å². The summed E-state index contributed by atoms with van der Waals surface area (Å²) in [4.78, 5) is 37.9. The van der Waals surface area contributed by atoms with Crippen molar-refractivity contribution in [2.75, 3.05) is 11.9 Å². The molecule has 3 aliphatic rings. The first-order chi connectivity index (χ1) is 16.5. The number of halogens is 1. The smallest absolute Gasteiger partial charge is 0.262 e. The largest absolute Gasteiger partial charge is 0.484 e. The molecule has 6 nitrogen and oxygen atoms in total. The number of carbonyl (C=O) groups excluding carboxylic acids is 3. The van der Waals surface area contributed by atoms with Crippen LogP contribution in [0.3, 0.4) is 0 Å². The number of anilines is 1. The van der Waals surface area contributed by atoms with Gasteiger partial charge in [-0.25, -0.2) is 4.39 Å². The van der Waals surface area contributed by atoms with E-state index in [0.717, 1.165) is 42.6 Å². The van der Waals surface area contributed by atoms with Crippen molar-refractivity contribution in [1.29, 1.82) is 0 Å². The summed E-state index contributed by atoms with van der Waals surface area (Å²) < 4.78 is 18.6. The van der Waals surface area contributed by atoms with E-state index >= 15 is 0 Å². The lowest BCUT2D eigenvalue weighted by Gasteiger charge is -2.37. The van der Waals surface area contributed by atoms with E-state index in [1.54, 1.807) is 12.1 Å². The first kappa shape index (κ1) is 22.1. The molecule has 1 heterocycles. The molecule has 0 bridgehead atoms. The van der Waals surface area contributed by atoms with E-state index in [-0.39, 0.29) is 35.8 Å². The molecule has 1 amide bonds. The lowest BCUT2D eigenvalue weighted by Crippen LogP contribution is -2.36. The minimum Gasteiger partial charge on any atom is -0.484 e. The van der Waals surface area contributed by atoms with Crippen molar-refractivity contribution >= 4 is 23.2 Å². The van der Waals surface area contributed by atoms with Gasteiger partial charge in [0, 0.05) is 47.0 Å². The molecule has 0 radical (unpaired) electrons. The number of hydrogen-bond donors (Lipinski definition) is 2. The summed E-state index contributed by atoms with van der Waals surface area (Å²) in [7, 11) is 0. The van der Waals surface area contributed by atoms with E-state index in [4.69, 9.17) is 4.74 Å². The van der Waals surface area contributed by atoms with Gasteiger partial charge in [0.25, 0.3) is 5.91 Å². The van der Waals surface area contributed by atoms with Crippen LogP contribution in [-0.2, 0) is 14.4 Å². The highest BCUT2D eigenvalue weighted by Crippen LogP contribution is 2.45. The van der Waals surface area contributed by atoms with E-state index in [2.05, 4.69) is 10.6 Å². The first-order valence-electron chi connectivity index (χ1n) is 11.6. The second-order valence-corrected chi connectivity index (χ2v) is 8.81. The molecule has 0 spiro atoms. The zero-order valence-corrected chi connectivity index (χ0v) is 18.7. The van der Waals surface area contributed by atoms with Crippen molar-refractivity contribution in [3.05, 3.63) is 82.5 Å². The van der Waals surface area contributed by atoms with Gasteiger partial charge in [-0.2, -0.15) is 0 Å². The molecule has 2 aromatic rings. The normalized spacial score (nSPS) is 18.3. The van der Waals surface area contributed by atoms with Crippen LogP contribution in [0.25, 0.3) is 0 Å². The van der Waals surface area contributed by atoms with Gasteiger partial charge >= 0.3 is 0 Å². The quantitative estimate of drug-likeness (QED) is 0.684. The molecule has 174 valence electrons. The Morgan fingerprint density at radius 2 is 1.47 bits per heavy atom. The number of Topliss-reactive ketones (excluding diaryl/α,β-unsaturated/α-hetero) is 2. The Bertz CT molecular complexity index is 1170. The predicted molar refractivity (Wildman–Crippen MR) is 125 cm³/mol. The van der Waals surface area contributed by atoms with Gasteiger partial charge < -0.3 is 15.4 Å². The van der Waals surface area contributed by atoms with Crippen LogP contribution in [0, 0.1) is 5.82 Å². The van der Waals surface area contributed by atoms with E-state index in [0.29, 0.717) is 35.4 Å². The van der Waals surface area contributed by atoms with E-state index < -0.39 is 0 Å². The van der Waals surface area contributed by atoms with Gasteiger partial charge in [0.1, 0.15) is 11.6 Å². The molecule has 0 fully saturated rings. The summed E-state index contributed by atoms with van der Waals surface area (Å²) in [6.45, 7) is -0.203. The third-order valence-corrected chi connectivity index (χ3v) is 6.50. The Kier molecular flexibility index (Phi) is 6.01. The molecule has 0 saturated carbocycles. The Morgan fingerprint density at radius 1 is 0.882 bits per heavy atom. The van der Waals surface area contributed by atoms with Gasteiger partial charge in [0.15, 0.2) is 18.2 Å². The van der Waals surface area contributed by atoms with Crippen LogP contribution in [0.15, 0.2) is 71.1 Å². The summed E-state index contributed by atoms with van der Waals surface area (Å²) in [6.07, 6.45) is 4.26. The second kappa shape index (κ2) is 9.25. The monoisotopic (exact) mass is 460 g/mol. The maximum Gasteiger partial charge on any atom is 0.262 e. The van der Waals surface area contributed by atoms with Gasteiger partial charge in [-0.15, -0.1) is 0 Å². The highest BCUT2D eigenvalue weighted by atomic mass is 19.1. The standard InChI is InChI=1S/C27H25FN2O4/c28-17-9-11-18(12-10-17)29-24(33)15-34-19-13-7-16(8-14-19)25-26-20(3-1-5-22(26)31)30-21-4-2-6-23(32)27(21)25/h7-14,25,30H,1-6,15H2,(H,29,33). The molecular formula is C27H25FN2O4. The number of benzene rings is 2. The summed E-state index contributed by atoms with van der Waals surface area (Å²) >= 11 is 0. The number of hydrogen-bond acceptors (Lipinski definition) is 5. The predicted octanol–water partition coefficient (Wildman–Crippen LogP) is 4.54. The van der Waals surface area contributed by atoms with Crippen LogP contribution >= 0.6 is 0 Å². The Morgan fingerprint density at radius 3 is 2.06 bits per heavy atom. The van der Waals surface area contributed by atoms with Crippen molar-refractivity contribution in [2.24, 2.45) is 0 Å². The van der Waals surface area contributed by atoms with Gasteiger partial charge in [-0.1, -0.05) is 12.1 Å². The van der Waals surface area contributed by atoms with Gasteiger partial charge in [0.2, 0.25) is 0 Å². The third-order valence-electron chi connectivity index (χ3n) is 6.50. The van der Waals surface area contributed by atoms with Crippen molar-refractivity contribution in [2.45, 2.75) is 44.4 Å². The average molecular weight is 461 g/mol. The fourth-order valence-electron chi connectivity index (χ4n) is 4.95. The lowest BCUT2D eigenvalue weighted by atomic mass is 9.71. The highest BCUT2D eigenvalue weighted by molar-refractivity contribution is 6.06. The molecular weight excluding hydrogens is 435 g/mol. The molecule has 5 rings (SSSR count). The second-order valence-electron chi connectivity index (χ2n) is 8.81. The molecule has 0 atom stereocenters. The fourth-order valence-corrected chi connectivity index (χ4v) is 4.95. The Hall–Kier alpha value is -3.74. The number of ether oxygens (including phenoxy) is 1. The van der Waals surface area contributed by atoms with Crippen LogP contribution in [0.2, 0.25) is 0 Å². The lowest BCUT2D eigenvalue weighted by molar-refractivity contribution is -0.118. The Balaban J connectivity index is 1.33. The van der Waals surface area contributed by atoms with E-state index in [9.17, 15) is 18.8 Å². The Labute approximate surface area is 196 Å². The number of ketones is 2. The zero-order valence-electron chi connectivity index (χ0n) is 18.7. The summed E-state index contributed by atoms with van der Waals surface area (Å²) in [5, 5.41) is 6.06. The summed E-state index contributed by atoms with van der Waals surface area (Å²) in [6, 6.07) is 12.7. The summed E-state index contributed by atoms with van der Waals surface area (Å²) in [5.41, 5.74) is 4.69. The number of rotatable bonds is 5. The van der Waals surface area contributed by atoms with Crippen molar-refractivity contribution in [3.8, 4) is 5.75 Å². The van der Waals surface area contributed by atoms with Crippen LogP contribution in [0.1, 0.15) is 50.0 Å². The minimum absolute atomic E-state index is 0.0986. The number of nitrogens with one attached hydrogen (secondary N) is 2. The van der Waals surface area contributed by atoms with E-state index in [1.165, 1.54) is 24.3 Å². The number of amides is 1. The van der Waals surface area contributed by atoms with Gasteiger partial charge in [0.05, 0.1) is 0 Å². The van der Waals surface area contributed by atoms with E-state index in [1.807, 2.05) is 12.1 Å². The van der Waals surface area contributed by atoms with Crippen LogP contribution < -0.4 is 15.4 Å². The van der Waals surface area contributed by atoms with Crippen LogP contribution in [0.4, 0.5) is 10.1 Å². The highest BCUT2D eigenvalue weighted by Gasteiger charge is 2.40. The molecule has 1 aliphatic heterocycles. The molecule has 7 heteroatoms. The SMILES string of the molecule is O=C(COc1ccc(C2C3=C(CCCC3=O)NC3=C2C(=O)CCC3)cc1)Nc1ccc(F)cc1. The fraction of sp³-hybridized carbons (Fsp3) is 0.296. The zero-order chi connectivity index (χ0) is 23.7. The number of allylic oxidation sites excluding steroid dienone is 4. The minimum atomic E-state index is -0.376. The topological polar surface area (TPSA) is 84.5 Å². The number of dihydropyridines is 1.